The van der Waals surface area contributed by atoms with Crippen molar-refractivity contribution in [1.29, 1.82) is 0 Å². The number of methoxy groups -OCH3 is 1. The van der Waals surface area contributed by atoms with Crippen LogP contribution in [0.2, 0.25) is 5.02 Å². The maximum Gasteiger partial charge on any atom is 0.416 e. The monoisotopic (exact) mass is 558 g/mol. The molecule has 0 radical (unpaired) electrons. The summed E-state index contributed by atoms with van der Waals surface area (Å²) in [5, 5.41) is 14.8. The molecule has 0 bridgehead atoms. The van der Waals surface area contributed by atoms with Gasteiger partial charge in [0.05, 0.1) is 35.0 Å². The molecule has 3 rings (SSSR count). The Labute approximate surface area is 223 Å². The van der Waals surface area contributed by atoms with Crippen molar-refractivity contribution in [2.24, 2.45) is 5.92 Å². The molecule has 2 aromatic rings. The minimum atomic E-state index is -4.45. The van der Waals surface area contributed by atoms with Gasteiger partial charge in [0, 0.05) is 19.2 Å². The maximum absolute atomic E-state index is 12.7. The molecular weight excluding hydrogens is 529 g/mol. The molecule has 13 heteroatoms. The van der Waals surface area contributed by atoms with Gasteiger partial charge in [-0.1, -0.05) is 11.6 Å². The van der Waals surface area contributed by atoms with Crippen LogP contribution in [0, 0.1) is 5.92 Å². The second-order valence-corrected chi connectivity index (χ2v) is 9.41. The highest BCUT2D eigenvalue weighted by molar-refractivity contribution is 6.33. The Balaban J connectivity index is 1.47. The lowest BCUT2D eigenvalue weighted by molar-refractivity contribution is -0.137. The zero-order chi connectivity index (χ0) is 27.9. The van der Waals surface area contributed by atoms with E-state index in [1.807, 2.05) is 0 Å². The van der Waals surface area contributed by atoms with Gasteiger partial charge in [-0.25, -0.2) is 4.79 Å². The van der Waals surface area contributed by atoms with Gasteiger partial charge in [0.15, 0.2) is 0 Å². The number of nitrogens with zero attached hydrogens (tertiary/aromatic N) is 1. The molecule has 0 aliphatic carbocycles. The van der Waals surface area contributed by atoms with Crippen LogP contribution in [0.4, 0.5) is 23.7 Å². The van der Waals surface area contributed by atoms with Gasteiger partial charge in [-0.2, -0.15) is 13.2 Å². The minimum absolute atomic E-state index is 0.0420. The number of nitrogens with one attached hydrogen (secondary N) is 2. The van der Waals surface area contributed by atoms with Crippen molar-refractivity contribution in [3.8, 4) is 11.5 Å². The van der Waals surface area contributed by atoms with Crippen LogP contribution in [0.15, 0.2) is 36.4 Å². The van der Waals surface area contributed by atoms with Crippen LogP contribution in [0.1, 0.15) is 28.8 Å². The molecule has 0 spiro atoms. The molecule has 0 saturated carbocycles. The van der Waals surface area contributed by atoms with E-state index in [0.717, 1.165) is 25.0 Å². The predicted molar refractivity (Wildman–Crippen MR) is 136 cm³/mol. The summed E-state index contributed by atoms with van der Waals surface area (Å²) in [5.74, 6) is 0.440. The highest BCUT2D eigenvalue weighted by Gasteiger charge is 2.30. The van der Waals surface area contributed by atoms with Crippen molar-refractivity contribution in [3.05, 3.63) is 52.5 Å². The summed E-state index contributed by atoms with van der Waals surface area (Å²) in [6.45, 7) is 2.13. The van der Waals surface area contributed by atoms with Crippen LogP contribution in [-0.2, 0) is 6.18 Å². The Kier molecular flexibility index (Phi) is 9.92. The van der Waals surface area contributed by atoms with E-state index in [9.17, 15) is 27.9 Å². The van der Waals surface area contributed by atoms with Crippen LogP contribution < -0.4 is 25.8 Å². The van der Waals surface area contributed by atoms with Gasteiger partial charge in [-0.3, -0.25) is 4.79 Å². The fourth-order valence-corrected chi connectivity index (χ4v) is 4.35. The Bertz CT molecular complexity index is 1110. The number of nitrogens with two attached hydrogens (primary N) is 1. The van der Waals surface area contributed by atoms with Gasteiger partial charge < -0.3 is 35.8 Å². The number of alkyl halides is 3. The fraction of sp³-hybridized carbons (Fsp3) is 0.440. The first-order valence-corrected chi connectivity index (χ1v) is 12.3. The van der Waals surface area contributed by atoms with Crippen molar-refractivity contribution in [2.45, 2.75) is 25.1 Å². The SMILES string of the molecule is COc1cc(N)c(Cl)cc1C(=O)NCC1CCN(CC(COc2ccc(C(F)(F)F)cc2)NC(=O)O)CC1. The molecule has 1 saturated heterocycles. The number of amides is 2. The number of benzene rings is 2. The molecule has 5 N–H and O–H groups in total. The molecule has 1 atom stereocenters. The van der Waals surface area contributed by atoms with Gasteiger partial charge >= 0.3 is 12.3 Å². The standard InChI is InChI=1S/C25H30ClF3N4O5/c1-37-22-11-21(30)20(26)10-19(22)23(34)31-12-15-6-8-33(9-7-15)13-17(32-24(35)36)14-38-18-4-2-16(3-5-18)25(27,28)29/h2-5,10-11,15,17,32H,6-9,12-14,30H2,1H3,(H,31,34)(H,35,36). The molecule has 38 heavy (non-hydrogen) atoms. The highest BCUT2D eigenvalue weighted by Crippen LogP contribution is 2.31. The lowest BCUT2D eigenvalue weighted by atomic mass is 9.96. The summed E-state index contributed by atoms with van der Waals surface area (Å²) >= 11 is 6.05. The molecule has 208 valence electrons. The highest BCUT2D eigenvalue weighted by atomic mass is 35.5. The number of rotatable bonds is 10. The summed E-state index contributed by atoms with van der Waals surface area (Å²) in [5.41, 5.74) is 5.58. The molecule has 0 aromatic heterocycles. The molecule has 2 amide bonds. The Morgan fingerprint density at radius 3 is 2.45 bits per heavy atom. The van der Waals surface area contributed by atoms with E-state index in [2.05, 4.69) is 15.5 Å². The van der Waals surface area contributed by atoms with Crippen LogP contribution >= 0.6 is 11.6 Å². The Hall–Kier alpha value is -3.38. The summed E-state index contributed by atoms with van der Waals surface area (Å²) in [6, 6.07) is 6.61. The number of ether oxygens (including phenoxy) is 2. The zero-order valence-corrected chi connectivity index (χ0v) is 21.4. The van der Waals surface area contributed by atoms with Gasteiger partial charge in [0.1, 0.15) is 18.1 Å². The lowest BCUT2D eigenvalue weighted by Gasteiger charge is -2.34. The van der Waals surface area contributed by atoms with Gasteiger partial charge in [-0.15, -0.1) is 0 Å². The molecule has 1 aliphatic rings. The van der Waals surface area contributed by atoms with Crippen molar-refractivity contribution in [1.82, 2.24) is 15.5 Å². The molecule has 9 nitrogen and oxygen atoms in total. The van der Waals surface area contributed by atoms with Crippen LogP contribution in [-0.4, -0.2) is 67.9 Å². The minimum Gasteiger partial charge on any atom is -0.496 e. The number of nitrogen functional groups attached to an aromatic ring is 1. The Morgan fingerprint density at radius 1 is 1.21 bits per heavy atom. The van der Waals surface area contributed by atoms with E-state index in [-0.39, 0.29) is 29.2 Å². The number of hydrogen-bond acceptors (Lipinski definition) is 6. The van der Waals surface area contributed by atoms with Crippen molar-refractivity contribution < 1.29 is 37.3 Å². The first kappa shape index (κ1) is 29.2. The smallest absolute Gasteiger partial charge is 0.416 e. The van der Waals surface area contributed by atoms with Crippen LogP contribution in [0.3, 0.4) is 0 Å². The number of carboxylic acid groups (broad SMARTS) is 1. The van der Waals surface area contributed by atoms with Gasteiger partial charge in [0.2, 0.25) is 0 Å². The number of anilines is 1. The van der Waals surface area contributed by atoms with E-state index in [1.54, 1.807) is 0 Å². The number of halogens is 4. The largest absolute Gasteiger partial charge is 0.496 e. The average molecular weight is 559 g/mol. The number of carbonyl (C=O) groups excluding carboxylic acids is 1. The number of likely N-dealkylation sites (tertiary alicyclic amines) is 1. The van der Waals surface area contributed by atoms with E-state index in [1.165, 1.54) is 31.4 Å². The van der Waals surface area contributed by atoms with Gasteiger partial charge in [-0.05, 0) is 62.2 Å². The molecule has 1 heterocycles. The second-order valence-electron chi connectivity index (χ2n) is 9.01. The lowest BCUT2D eigenvalue weighted by Crippen LogP contribution is -2.49. The Morgan fingerprint density at radius 2 is 1.87 bits per heavy atom. The molecule has 2 aromatic carbocycles. The fourth-order valence-electron chi connectivity index (χ4n) is 4.18. The third-order valence-corrected chi connectivity index (χ3v) is 6.59. The van der Waals surface area contributed by atoms with Crippen molar-refractivity contribution in [2.75, 3.05) is 45.6 Å². The number of carbonyl (C=O) groups is 2. The quantitative estimate of drug-likeness (QED) is 0.323. The second kappa shape index (κ2) is 12.9. The van der Waals surface area contributed by atoms with Gasteiger partial charge in [0.25, 0.3) is 5.91 Å². The topological polar surface area (TPSA) is 126 Å². The number of hydrogen-bond donors (Lipinski definition) is 4. The van der Waals surface area contributed by atoms with E-state index < -0.39 is 23.9 Å². The van der Waals surface area contributed by atoms with Crippen LogP contribution in [0.5, 0.6) is 11.5 Å². The predicted octanol–water partition coefficient (Wildman–Crippen LogP) is 4.11. The summed E-state index contributed by atoms with van der Waals surface area (Å²) < 4.78 is 49.0. The summed E-state index contributed by atoms with van der Waals surface area (Å²) in [7, 11) is 1.44. The van der Waals surface area contributed by atoms with E-state index in [0.29, 0.717) is 43.2 Å². The normalized spacial score (nSPS) is 15.5. The zero-order valence-electron chi connectivity index (χ0n) is 20.7. The van der Waals surface area contributed by atoms with E-state index in [4.69, 9.17) is 26.8 Å². The third-order valence-electron chi connectivity index (χ3n) is 6.26. The molecule has 1 unspecified atom stereocenters. The van der Waals surface area contributed by atoms with E-state index >= 15 is 0 Å². The average Bonchev–Trinajstić information content (AvgIpc) is 2.87. The summed E-state index contributed by atoms with van der Waals surface area (Å²) in [6.07, 6.45) is -4.11. The third kappa shape index (κ3) is 8.32. The molecule has 1 fully saturated rings. The van der Waals surface area contributed by atoms with Crippen molar-refractivity contribution >= 4 is 29.3 Å². The first-order valence-electron chi connectivity index (χ1n) is 11.9. The number of piperidine rings is 1. The molecular formula is C25H30ClF3N4O5. The summed E-state index contributed by atoms with van der Waals surface area (Å²) in [4.78, 5) is 26.0. The van der Waals surface area contributed by atoms with Crippen molar-refractivity contribution in [3.63, 3.8) is 0 Å². The first-order chi connectivity index (χ1) is 18.0. The maximum atomic E-state index is 12.7. The molecule has 1 aliphatic heterocycles. The van der Waals surface area contributed by atoms with Crippen LogP contribution in [0.25, 0.3) is 0 Å².